The Morgan fingerprint density at radius 1 is 1.80 bits per heavy atom. The number of allylic oxidation sites excluding steroid dienone is 1. The molecule has 0 saturated carbocycles. The van der Waals surface area contributed by atoms with Crippen molar-refractivity contribution in [1.29, 1.82) is 0 Å². The van der Waals surface area contributed by atoms with Crippen molar-refractivity contribution >= 4 is 5.97 Å². The Labute approximate surface area is 60.9 Å². The Morgan fingerprint density at radius 3 is 3.10 bits per heavy atom. The topological polar surface area (TPSA) is 26.3 Å². The van der Waals surface area contributed by atoms with Crippen LogP contribution < -0.4 is 0 Å². The summed E-state index contributed by atoms with van der Waals surface area (Å²) >= 11 is 0. The molecule has 2 nitrogen and oxygen atoms in total. The molecule has 1 fully saturated rings. The lowest BCUT2D eigenvalue weighted by atomic mass is 10.0. The first-order chi connectivity index (χ1) is 4.83. The van der Waals surface area contributed by atoms with Crippen LogP contribution in [0.15, 0.2) is 12.7 Å². The Bertz CT molecular complexity index is 140. The van der Waals surface area contributed by atoms with Crippen molar-refractivity contribution in [2.45, 2.75) is 19.3 Å². The van der Waals surface area contributed by atoms with E-state index >= 15 is 0 Å². The van der Waals surface area contributed by atoms with Crippen LogP contribution in [0.2, 0.25) is 0 Å². The summed E-state index contributed by atoms with van der Waals surface area (Å²) in [6.07, 6.45) is 4.51. The number of ether oxygens (including phenoxy) is 1. The van der Waals surface area contributed by atoms with Gasteiger partial charge in [0.2, 0.25) is 0 Å². The van der Waals surface area contributed by atoms with Gasteiger partial charge in [0, 0.05) is 5.92 Å². The van der Waals surface area contributed by atoms with Crippen molar-refractivity contribution in [3.63, 3.8) is 0 Å². The summed E-state index contributed by atoms with van der Waals surface area (Å²) in [6, 6.07) is 0. The van der Waals surface area contributed by atoms with E-state index in [0.717, 1.165) is 12.8 Å². The van der Waals surface area contributed by atoms with Gasteiger partial charge in [-0.05, 0) is 12.8 Å². The molecule has 0 radical (unpaired) electrons. The third-order valence-corrected chi connectivity index (χ3v) is 1.71. The van der Waals surface area contributed by atoms with E-state index in [1.54, 1.807) is 0 Å². The zero-order chi connectivity index (χ0) is 7.40. The fourth-order valence-corrected chi connectivity index (χ4v) is 1.10. The molecule has 0 aromatic carbocycles. The molecule has 0 aromatic heterocycles. The molecule has 1 heterocycles. The molecule has 1 rings (SSSR count). The highest BCUT2D eigenvalue weighted by molar-refractivity contribution is 5.71. The van der Waals surface area contributed by atoms with Crippen molar-refractivity contribution in [3.05, 3.63) is 12.7 Å². The van der Waals surface area contributed by atoms with Crippen LogP contribution in [0.5, 0.6) is 0 Å². The summed E-state index contributed by atoms with van der Waals surface area (Å²) in [5, 5.41) is 0. The van der Waals surface area contributed by atoms with Gasteiger partial charge in [-0.2, -0.15) is 0 Å². The fourth-order valence-electron chi connectivity index (χ4n) is 1.10. The predicted molar refractivity (Wildman–Crippen MR) is 38.5 cm³/mol. The third-order valence-electron chi connectivity index (χ3n) is 1.71. The first-order valence-electron chi connectivity index (χ1n) is 3.59. The van der Waals surface area contributed by atoms with E-state index in [4.69, 9.17) is 4.74 Å². The Morgan fingerprint density at radius 2 is 2.60 bits per heavy atom. The minimum absolute atomic E-state index is 0.0472. The van der Waals surface area contributed by atoms with Gasteiger partial charge in [0.25, 0.3) is 0 Å². The second-order valence-corrected chi connectivity index (χ2v) is 2.62. The molecule has 2 heteroatoms. The highest BCUT2D eigenvalue weighted by Gasteiger charge is 2.22. The van der Waals surface area contributed by atoms with Crippen molar-refractivity contribution in [1.82, 2.24) is 0 Å². The Hall–Kier alpha value is -0.790. The minimum atomic E-state index is -0.0472. The van der Waals surface area contributed by atoms with Crippen LogP contribution in [-0.4, -0.2) is 12.6 Å². The van der Waals surface area contributed by atoms with Gasteiger partial charge in [0.1, 0.15) is 0 Å². The van der Waals surface area contributed by atoms with Crippen molar-refractivity contribution in [2.75, 3.05) is 6.61 Å². The number of carbonyl (C=O) groups is 1. The fraction of sp³-hybridized carbons (Fsp3) is 0.625. The molecule has 1 saturated heterocycles. The second kappa shape index (κ2) is 3.40. The molecule has 10 heavy (non-hydrogen) atoms. The maximum absolute atomic E-state index is 10.6. The van der Waals surface area contributed by atoms with Crippen LogP contribution in [0.3, 0.4) is 0 Å². The smallest absolute Gasteiger partial charge is 0.306 e. The van der Waals surface area contributed by atoms with Gasteiger partial charge in [-0.3, -0.25) is 4.79 Å². The number of hydrogen-bond donors (Lipinski definition) is 0. The van der Waals surface area contributed by atoms with Gasteiger partial charge in [0.05, 0.1) is 13.0 Å². The van der Waals surface area contributed by atoms with E-state index in [2.05, 4.69) is 6.58 Å². The standard InChI is InChI=1S/C8H12O2/c1-2-3-4-7-5-8(9)10-6-7/h2,7H,1,3-6H2/t7-/m0/s1. The number of cyclic esters (lactones) is 1. The lowest BCUT2D eigenvalue weighted by molar-refractivity contribution is -0.137. The summed E-state index contributed by atoms with van der Waals surface area (Å²) in [5.41, 5.74) is 0. The van der Waals surface area contributed by atoms with Gasteiger partial charge in [0.15, 0.2) is 0 Å². The van der Waals surface area contributed by atoms with E-state index in [9.17, 15) is 4.79 Å². The molecule has 0 aromatic rings. The summed E-state index contributed by atoms with van der Waals surface area (Å²) in [6.45, 7) is 4.23. The molecule has 1 aliphatic rings. The van der Waals surface area contributed by atoms with E-state index in [1.807, 2.05) is 6.08 Å². The molecule has 0 amide bonds. The quantitative estimate of drug-likeness (QED) is 0.439. The van der Waals surface area contributed by atoms with Gasteiger partial charge >= 0.3 is 5.97 Å². The van der Waals surface area contributed by atoms with Crippen molar-refractivity contribution in [3.8, 4) is 0 Å². The molecule has 0 unspecified atom stereocenters. The Balaban J connectivity index is 2.18. The normalized spacial score (nSPS) is 24.4. The number of hydrogen-bond acceptors (Lipinski definition) is 2. The zero-order valence-corrected chi connectivity index (χ0v) is 6.01. The monoisotopic (exact) mass is 140 g/mol. The largest absolute Gasteiger partial charge is 0.465 e. The van der Waals surface area contributed by atoms with Crippen LogP contribution in [0.25, 0.3) is 0 Å². The third kappa shape index (κ3) is 1.87. The summed E-state index contributed by atoms with van der Waals surface area (Å²) in [7, 11) is 0. The molecule has 1 atom stereocenters. The van der Waals surface area contributed by atoms with E-state index in [1.165, 1.54) is 0 Å². The maximum atomic E-state index is 10.6. The van der Waals surface area contributed by atoms with Gasteiger partial charge in [-0.1, -0.05) is 6.08 Å². The average molecular weight is 140 g/mol. The first-order valence-corrected chi connectivity index (χ1v) is 3.59. The van der Waals surface area contributed by atoms with Crippen molar-refractivity contribution < 1.29 is 9.53 Å². The van der Waals surface area contributed by atoms with Gasteiger partial charge < -0.3 is 4.74 Å². The molecular weight excluding hydrogens is 128 g/mol. The minimum Gasteiger partial charge on any atom is -0.465 e. The van der Waals surface area contributed by atoms with Crippen LogP contribution in [0.1, 0.15) is 19.3 Å². The van der Waals surface area contributed by atoms with E-state index in [0.29, 0.717) is 18.9 Å². The average Bonchev–Trinajstić information content (AvgIpc) is 2.31. The molecule has 56 valence electrons. The van der Waals surface area contributed by atoms with Crippen LogP contribution in [0, 0.1) is 5.92 Å². The second-order valence-electron chi connectivity index (χ2n) is 2.62. The molecule has 0 spiro atoms. The molecular formula is C8H12O2. The molecule has 0 N–H and O–H groups in total. The van der Waals surface area contributed by atoms with Crippen molar-refractivity contribution in [2.24, 2.45) is 5.92 Å². The van der Waals surface area contributed by atoms with Crippen LogP contribution >= 0.6 is 0 Å². The summed E-state index contributed by atoms with van der Waals surface area (Å²) in [4.78, 5) is 10.6. The molecule has 0 bridgehead atoms. The molecule has 0 aliphatic carbocycles. The summed E-state index contributed by atoms with van der Waals surface area (Å²) < 4.78 is 4.79. The number of rotatable bonds is 3. The van der Waals surface area contributed by atoms with Crippen LogP contribution in [0.4, 0.5) is 0 Å². The van der Waals surface area contributed by atoms with E-state index < -0.39 is 0 Å². The van der Waals surface area contributed by atoms with Crippen LogP contribution in [-0.2, 0) is 9.53 Å². The number of esters is 1. The highest BCUT2D eigenvalue weighted by atomic mass is 16.5. The predicted octanol–water partition coefficient (Wildman–Crippen LogP) is 1.52. The first kappa shape index (κ1) is 7.32. The summed E-state index contributed by atoms with van der Waals surface area (Å²) in [5.74, 6) is 0.402. The van der Waals surface area contributed by atoms with Gasteiger partial charge in [-0.15, -0.1) is 6.58 Å². The highest BCUT2D eigenvalue weighted by Crippen LogP contribution is 2.18. The lowest BCUT2D eigenvalue weighted by Crippen LogP contribution is -1.97. The SMILES string of the molecule is C=CCC[C@@H]1COC(=O)C1. The number of carbonyl (C=O) groups excluding carboxylic acids is 1. The van der Waals surface area contributed by atoms with E-state index in [-0.39, 0.29) is 5.97 Å². The van der Waals surface area contributed by atoms with Gasteiger partial charge in [-0.25, -0.2) is 0 Å². The maximum Gasteiger partial charge on any atom is 0.306 e. The molecule has 1 aliphatic heterocycles. The lowest BCUT2D eigenvalue weighted by Gasteiger charge is -2.00. The zero-order valence-electron chi connectivity index (χ0n) is 6.01. The Kier molecular flexibility index (Phi) is 2.49.